The van der Waals surface area contributed by atoms with Gasteiger partial charge in [-0.2, -0.15) is 9.61 Å². The second-order valence-corrected chi connectivity index (χ2v) is 5.17. The summed E-state index contributed by atoms with van der Waals surface area (Å²) in [5.74, 6) is 0.638. The van der Waals surface area contributed by atoms with E-state index in [9.17, 15) is 0 Å². The van der Waals surface area contributed by atoms with Gasteiger partial charge in [-0.15, -0.1) is 10.2 Å². The van der Waals surface area contributed by atoms with E-state index in [1.54, 1.807) is 16.6 Å². The molecule has 0 aliphatic heterocycles. The fraction of sp³-hybridized carbons (Fsp3) is 0.100. The Morgan fingerprint density at radius 2 is 2.18 bits per heavy atom. The third kappa shape index (κ3) is 1.65. The molecular formula is C10H8ClN5S. The van der Waals surface area contributed by atoms with Gasteiger partial charge in [-0.05, 0) is 25.1 Å². The monoisotopic (exact) mass is 265 g/mol. The largest absolute Gasteiger partial charge is 0.398 e. The predicted molar refractivity (Wildman–Crippen MR) is 68.3 cm³/mol. The van der Waals surface area contributed by atoms with Gasteiger partial charge >= 0.3 is 0 Å². The fourth-order valence-corrected chi connectivity index (χ4v) is 2.48. The highest BCUT2D eigenvalue weighted by Gasteiger charge is 2.14. The fourth-order valence-electron chi connectivity index (χ4n) is 1.62. The van der Waals surface area contributed by atoms with E-state index < -0.39 is 0 Å². The van der Waals surface area contributed by atoms with Crippen molar-refractivity contribution in [2.45, 2.75) is 6.92 Å². The van der Waals surface area contributed by atoms with E-state index in [1.807, 2.05) is 13.0 Å². The lowest BCUT2D eigenvalue weighted by atomic mass is 10.2. The molecule has 1 aromatic carbocycles. The number of aromatic nitrogens is 4. The van der Waals surface area contributed by atoms with E-state index in [1.165, 1.54) is 11.3 Å². The Balaban J connectivity index is 2.26. The molecule has 0 atom stereocenters. The molecular weight excluding hydrogens is 258 g/mol. The number of hydrogen-bond acceptors (Lipinski definition) is 5. The van der Waals surface area contributed by atoms with Crippen LogP contribution in [0.2, 0.25) is 5.02 Å². The molecule has 2 aromatic heterocycles. The van der Waals surface area contributed by atoms with E-state index in [-0.39, 0.29) is 0 Å². The Kier molecular flexibility index (Phi) is 2.27. The van der Waals surface area contributed by atoms with E-state index in [2.05, 4.69) is 15.3 Å². The highest BCUT2D eigenvalue weighted by Crippen LogP contribution is 2.28. The maximum Gasteiger partial charge on any atom is 0.234 e. The van der Waals surface area contributed by atoms with Crippen LogP contribution in [0.3, 0.4) is 0 Å². The van der Waals surface area contributed by atoms with Crippen LogP contribution in [-0.2, 0) is 0 Å². The number of anilines is 1. The summed E-state index contributed by atoms with van der Waals surface area (Å²) in [5.41, 5.74) is 7.27. The van der Waals surface area contributed by atoms with Crippen molar-refractivity contribution in [1.82, 2.24) is 19.8 Å². The number of nitrogens with two attached hydrogens (primary N) is 1. The first-order valence-corrected chi connectivity index (χ1v) is 6.09. The van der Waals surface area contributed by atoms with Crippen LogP contribution < -0.4 is 5.73 Å². The molecule has 7 heteroatoms. The van der Waals surface area contributed by atoms with Gasteiger partial charge in [0.25, 0.3) is 0 Å². The van der Waals surface area contributed by atoms with Crippen LogP contribution in [0, 0.1) is 6.92 Å². The second-order valence-electron chi connectivity index (χ2n) is 3.57. The molecule has 0 aliphatic carbocycles. The predicted octanol–water partition coefficient (Wildman–Crippen LogP) is 2.40. The smallest absolute Gasteiger partial charge is 0.234 e. The Bertz CT molecular complexity index is 702. The average molecular weight is 266 g/mol. The molecule has 3 rings (SSSR count). The van der Waals surface area contributed by atoms with Crippen molar-refractivity contribution in [3.05, 3.63) is 28.2 Å². The number of nitrogens with zero attached hydrogens (tertiary/aromatic N) is 4. The Hall–Kier alpha value is -1.66. The van der Waals surface area contributed by atoms with E-state index in [0.717, 1.165) is 15.5 Å². The molecule has 0 amide bonds. The molecule has 0 fully saturated rings. The summed E-state index contributed by atoms with van der Waals surface area (Å²) in [6.07, 6.45) is 0. The zero-order valence-electron chi connectivity index (χ0n) is 8.88. The van der Waals surface area contributed by atoms with Crippen molar-refractivity contribution in [2.75, 3.05) is 5.73 Å². The molecule has 0 unspecified atom stereocenters. The maximum atomic E-state index is 5.92. The SMILES string of the molecule is Cc1nn2c(-c3ccc(Cl)cc3N)nnc2s1. The van der Waals surface area contributed by atoms with Gasteiger partial charge in [0.15, 0.2) is 5.82 Å². The van der Waals surface area contributed by atoms with Crippen LogP contribution in [0.25, 0.3) is 16.3 Å². The summed E-state index contributed by atoms with van der Waals surface area (Å²) in [4.78, 5) is 0.756. The minimum atomic E-state index is 0.567. The van der Waals surface area contributed by atoms with Crippen molar-refractivity contribution < 1.29 is 0 Å². The number of aryl methyl sites for hydroxylation is 1. The van der Waals surface area contributed by atoms with E-state index in [0.29, 0.717) is 16.5 Å². The zero-order valence-corrected chi connectivity index (χ0v) is 10.5. The number of halogens is 1. The lowest BCUT2D eigenvalue weighted by Gasteiger charge is -2.02. The van der Waals surface area contributed by atoms with Crippen molar-refractivity contribution in [2.24, 2.45) is 0 Å². The topological polar surface area (TPSA) is 69.1 Å². The molecule has 3 aromatic rings. The van der Waals surface area contributed by atoms with Crippen molar-refractivity contribution >= 4 is 33.6 Å². The summed E-state index contributed by atoms with van der Waals surface area (Å²) < 4.78 is 1.69. The minimum absolute atomic E-state index is 0.567. The number of hydrogen-bond donors (Lipinski definition) is 1. The van der Waals surface area contributed by atoms with Crippen LogP contribution in [0.1, 0.15) is 5.01 Å². The van der Waals surface area contributed by atoms with Crippen LogP contribution in [0.5, 0.6) is 0 Å². The lowest BCUT2D eigenvalue weighted by Crippen LogP contribution is -1.95. The molecule has 0 saturated heterocycles. The summed E-state index contributed by atoms with van der Waals surface area (Å²) in [5, 5.41) is 14.0. The van der Waals surface area contributed by atoms with Gasteiger partial charge in [0.1, 0.15) is 5.01 Å². The summed E-state index contributed by atoms with van der Waals surface area (Å²) in [7, 11) is 0. The number of rotatable bonds is 1. The molecule has 0 bridgehead atoms. The van der Waals surface area contributed by atoms with Gasteiger partial charge in [0, 0.05) is 16.3 Å². The third-order valence-corrected chi connectivity index (χ3v) is 3.40. The first-order valence-electron chi connectivity index (χ1n) is 4.89. The quantitative estimate of drug-likeness (QED) is 0.686. The maximum absolute atomic E-state index is 5.92. The lowest BCUT2D eigenvalue weighted by molar-refractivity contribution is 0.941. The Morgan fingerprint density at radius 3 is 2.94 bits per heavy atom. The van der Waals surface area contributed by atoms with Gasteiger partial charge in [0.05, 0.1) is 0 Å². The van der Waals surface area contributed by atoms with E-state index in [4.69, 9.17) is 17.3 Å². The molecule has 0 spiro atoms. The minimum Gasteiger partial charge on any atom is -0.398 e. The number of benzene rings is 1. The Labute approximate surface area is 106 Å². The van der Waals surface area contributed by atoms with Gasteiger partial charge in [-0.3, -0.25) is 0 Å². The standard InChI is InChI=1S/C10H8ClN5S/c1-5-15-16-9(13-14-10(16)17-5)7-3-2-6(11)4-8(7)12/h2-4H,12H2,1H3. The summed E-state index contributed by atoms with van der Waals surface area (Å²) >= 11 is 7.35. The number of fused-ring (bicyclic) bond motifs is 1. The molecule has 0 saturated carbocycles. The summed E-state index contributed by atoms with van der Waals surface area (Å²) in [6, 6.07) is 5.29. The summed E-state index contributed by atoms with van der Waals surface area (Å²) in [6.45, 7) is 1.92. The molecule has 2 heterocycles. The van der Waals surface area contributed by atoms with Gasteiger partial charge in [0.2, 0.25) is 4.96 Å². The molecule has 86 valence electrons. The first-order chi connectivity index (χ1) is 8.15. The van der Waals surface area contributed by atoms with Gasteiger partial charge in [-0.1, -0.05) is 22.9 Å². The van der Waals surface area contributed by atoms with Crippen molar-refractivity contribution in [3.63, 3.8) is 0 Å². The molecule has 0 aliphatic rings. The third-order valence-electron chi connectivity index (χ3n) is 2.35. The van der Waals surface area contributed by atoms with Crippen molar-refractivity contribution in [1.29, 1.82) is 0 Å². The van der Waals surface area contributed by atoms with Crippen LogP contribution in [0.4, 0.5) is 5.69 Å². The van der Waals surface area contributed by atoms with E-state index >= 15 is 0 Å². The molecule has 5 nitrogen and oxygen atoms in total. The molecule has 17 heavy (non-hydrogen) atoms. The van der Waals surface area contributed by atoms with Crippen LogP contribution in [0.15, 0.2) is 18.2 Å². The number of nitrogen functional groups attached to an aromatic ring is 1. The van der Waals surface area contributed by atoms with Gasteiger partial charge < -0.3 is 5.73 Å². The molecule has 2 N–H and O–H groups in total. The second kappa shape index (κ2) is 3.68. The Morgan fingerprint density at radius 1 is 1.35 bits per heavy atom. The highest BCUT2D eigenvalue weighted by molar-refractivity contribution is 7.16. The average Bonchev–Trinajstić information content (AvgIpc) is 2.78. The highest BCUT2D eigenvalue weighted by atomic mass is 35.5. The van der Waals surface area contributed by atoms with Gasteiger partial charge in [-0.25, -0.2) is 0 Å². The first kappa shape index (κ1) is 10.5. The zero-order chi connectivity index (χ0) is 12.0. The van der Waals surface area contributed by atoms with Crippen molar-refractivity contribution in [3.8, 4) is 11.4 Å². The normalized spacial score (nSPS) is 11.2. The van der Waals surface area contributed by atoms with Crippen LogP contribution in [-0.4, -0.2) is 19.8 Å². The van der Waals surface area contributed by atoms with Crippen LogP contribution >= 0.6 is 22.9 Å². The molecule has 0 radical (unpaired) electrons.